The van der Waals surface area contributed by atoms with Crippen LogP contribution >= 0.6 is 47.8 Å². The number of rotatable bonds is 3. The van der Waals surface area contributed by atoms with Crippen molar-refractivity contribution < 1.29 is 0 Å². The van der Waals surface area contributed by atoms with Crippen molar-refractivity contribution in [2.45, 2.75) is 21.4 Å². The van der Waals surface area contributed by atoms with Crippen molar-refractivity contribution in [2.24, 2.45) is 0 Å². The maximum absolute atomic E-state index is 3.63. The molecule has 0 fully saturated rings. The maximum Gasteiger partial charge on any atom is 0.135 e. The van der Waals surface area contributed by atoms with Gasteiger partial charge in [0, 0.05) is 0 Å². The first-order valence-corrected chi connectivity index (χ1v) is 5.12. The second-order valence-corrected chi connectivity index (χ2v) is 9.05. The molecule has 0 radical (unpaired) electrons. The van der Waals surface area contributed by atoms with Crippen LogP contribution in [0.25, 0.3) is 0 Å². The van der Waals surface area contributed by atoms with Crippen LogP contribution in [-0.2, 0) is 0 Å². The molecular formula is C6H9Br3. The summed E-state index contributed by atoms with van der Waals surface area (Å²) >= 11 is 10.2. The van der Waals surface area contributed by atoms with Crippen molar-refractivity contribution >= 4 is 47.8 Å². The highest BCUT2D eigenvalue weighted by molar-refractivity contribution is 9.39. The van der Waals surface area contributed by atoms with Crippen LogP contribution in [0.15, 0.2) is 12.7 Å². The monoisotopic (exact) mass is 318 g/mol. The third-order valence-electron chi connectivity index (χ3n) is 0.868. The van der Waals surface area contributed by atoms with Crippen LogP contribution in [0, 0.1) is 0 Å². The molecule has 0 rings (SSSR count). The molecule has 0 aliphatic carbocycles. The number of hydrogen-bond acceptors (Lipinski definition) is 0. The fraction of sp³-hybridized carbons (Fsp3) is 0.667. The summed E-state index contributed by atoms with van der Waals surface area (Å²) in [7, 11) is 0. The van der Waals surface area contributed by atoms with E-state index in [1.807, 2.05) is 6.08 Å². The van der Waals surface area contributed by atoms with Crippen molar-refractivity contribution in [3.05, 3.63) is 12.7 Å². The predicted octanol–water partition coefficient (Wildman–Crippen LogP) is 4.18. The lowest BCUT2D eigenvalue weighted by molar-refractivity contribution is 0.800. The Morgan fingerprint density at radius 2 is 1.89 bits per heavy atom. The fourth-order valence-corrected chi connectivity index (χ4v) is 1.29. The molecule has 0 unspecified atom stereocenters. The second-order valence-electron chi connectivity index (χ2n) is 1.80. The lowest BCUT2D eigenvalue weighted by Crippen LogP contribution is -1.97. The molecule has 0 aromatic heterocycles. The SMILES string of the molecule is C=CCCCC(Br)(Br)Br. The summed E-state index contributed by atoms with van der Waals surface area (Å²) in [6.45, 7) is 3.63. The molecule has 0 nitrogen and oxygen atoms in total. The molecule has 0 saturated heterocycles. The van der Waals surface area contributed by atoms with E-state index in [-0.39, 0.29) is 2.14 Å². The molecule has 0 N–H and O–H groups in total. The van der Waals surface area contributed by atoms with Crippen molar-refractivity contribution in [3.63, 3.8) is 0 Å². The molecular weight excluding hydrogens is 312 g/mol. The second kappa shape index (κ2) is 4.91. The van der Waals surface area contributed by atoms with Crippen LogP contribution in [0.4, 0.5) is 0 Å². The third-order valence-corrected chi connectivity index (χ3v) is 2.06. The van der Waals surface area contributed by atoms with E-state index in [4.69, 9.17) is 0 Å². The van der Waals surface area contributed by atoms with Crippen LogP contribution in [0.2, 0.25) is 0 Å². The van der Waals surface area contributed by atoms with Crippen LogP contribution in [0.1, 0.15) is 19.3 Å². The topological polar surface area (TPSA) is 0 Å². The Balaban J connectivity index is 3.17. The molecule has 0 aliphatic rings. The summed E-state index contributed by atoms with van der Waals surface area (Å²) in [6, 6.07) is 0. The minimum absolute atomic E-state index is 0.0595. The van der Waals surface area contributed by atoms with Gasteiger partial charge in [0.2, 0.25) is 0 Å². The Bertz CT molecular complexity index is 82.8. The highest BCUT2D eigenvalue weighted by Crippen LogP contribution is 2.38. The zero-order chi connectivity index (χ0) is 7.33. The summed E-state index contributed by atoms with van der Waals surface area (Å²) in [4.78, 5) is 0. The molecule has 0 aliphatic heterocycles. The number of halogens is 3. The molecule has 0 spiro atoms. The molecule has 0 aromatic carbocycles. The molecule has 0 atom stereocenters. The van der Waals surface area contributed by atoms with Gasteiger partial charge < -0.3 is 0 Å². The Hall–Kier alpha value is 1.18. The fourth-order valence-electron chi connectivity index (χ4n) is 0.447. The van der Waals surface area contributed by atoms with Gasteiger partial charge in [0.1, 0.15) is 2.14 Å². The van der Waals surface area contributed by atoms with E-state index >= 15 is 0 Å². The van der Waals surface area contributed by atoms with Gasteiger partial charge in [-0.15, -0.1) is 6.58 Å². The molecule has 0 aromatic rings. The van der Waals surface area contributed by atoms with Gasteiger partial charge in [0.15, 0.2) is 0 Å². The maximum atomic E-state index is 3.63. The van der Waals surface area contributed by atoms with E-state index in [1.165, 1.54) is 0 Å². The van der Waals surface area contributed by atoms with E-state index < -0.39 is 0 Å². The van der Waals surface area contributed by atoms with Gasteiger partial charge in [0.05, 0.1) is 0 Å². The molecule has 0 saturated carbocycles. The van der Waals surface area contributed by atoms with E-state index in [1.54, 1.807) is 0 Å². The first-order valence-electron chi connectivity index (χ1n) is 2.74. The average Bonchev–Trinajstić information content (AvgIpc) is 1.63. The molecule has 0 heterocycles. The summed E-state index contributed by atoms with van der Waals surface area (Å²) in [5.74, 6) is 0. The largest absolute Gasteiger partial charge is 0.135 e. The average molecular weight is 321 g/mol. The van der Waals surface area contributed by atoms with Gasteiger partial charge in [-0.1, -0.05) is 53.9 Å². The summed E-state index contributed by atoms with van der Waals surface area (Å²) < 4.78 is -0.0595. The van der Waals surface area contributed by atoms with Gasteiger partial charge >= 0.3 is 0 Å². The van der Waals surface area contributed by atoms with Crippen LogP contribution in [0.3, 0.4) is 0 Å². The molecule has 0 bridgehead atoms. The van der Waals surface area contributed by atoms with Crippen molar-refractivity contribution in [2.75, 3.05) is 0 Å². The smallest absolute Gasteiger partial charge is 0.103 e. The summed E-state index contributed by atoms with van der Waals surface area (Å²) in [6.07, 6.45) is 5.20. The zero-order valence-electron chi connectivity index (χ0n) is 5.04. The van der Waals surface area contributed by atoms with E-state index in [0.717, 1.165) is 19.3 Å². The quantitative estimate of drug-likeness (QED) is 0.416. The van der Waals surface area contributed by atoms with Gasteiger partial charge in [-0.05, 0) is 19.3 Å². The molecule has 0 amide bonds. The molecule has 9 heavy (non-hydrogen) atoms. The number of hydrogen-bond donors (Lipinski definition) is 0. The van der Waals surface area contributed by atoms with Crippen LogP contribution in [0.5, 0.6) is 0 Å². The lowest BCUT2D eigenvalue weighted by atomic mass is 10.2. The zero-order valence-corrected chi connectivity index (χ0v) is 9.80. The number of alkyl halides is 3. The Morgan fingerprint density at radius 3 is 2.22 bits per heavy atom. The first kappa shape index (κ1) is 10.2. The summed E-state index contributed by atoms with van der Waals surface area (Å²) in [5, 5.41) is 0. The van der Waals surface area contributed by atoms with Crippen LogP contribution in [-0.4, -0.2) is 2.14 Å². The predicted molar refractivity (Wildman–Crippen MR) is 53.6 cm³/mol. The van der Waals surface area contributed by atoms with Crippen molar-refractivity contribution in [1.29, 1.82) is 0 Å². The van der Waals surface area contributed by atoms with Crippen LogP contribution < -0.4 is 0 Å². The van der Waals surface area contributed by atoms with Crippen molar-refractivity contribution in [3.8, 4) is 0 Å². The minimum Gasteiger partial charge on any atom is -0.103 e. The Morgan fingerprint density at radius 1 is 1.33 bits per heavy atom. The van der Waals surface area contributed by atoms with E-state index in [9.17, 15) is 0 Å². The minimum atomic E-state index is -0.0595. The lowest BCUT2D eigenvalue weighted by Gasteiger charge is -2.09. The van der Waals surface area contributed by atoms with Gasteiger partial charge in [-0.3, -0.25) is 0 Å². The van der Waals surface area contributed by atoms with E-state index in [0.29, 0.717) is 0 Å². The van der Waals surface area contributed by atoms with Gasteiger partial charge in [-0.25, -0.2) is 0 Å². The standard InChI is InChI=1S/C6H9Br3/c1-2-3-4-5-6(7,8)9/h2H,1,3-5H2. The number of allylic oxidation sites excluding steroid dienone is 1. The van der Waals surface area contributed by atoms with Gasteiger partial charge in [0.25, 0.3) is 0 Å². The first-order chi connectivity index (χ1) is 4.06. The Labute approximate surface area is 81.5 Å². The number of unbranched alkanes of at least 4 members (excludes halogenated alkanes) is 1. The molecule has 3 heteroatoms. The summed E-state index contributed by atoms with van der Waals surface area (Å²) in [5.41, 5.74) is 0. The Kier molecular flexibility index (Phi) is 5.56. The molecule has 54 valence electrons. The van der Waals surface area contributed by atoms with Gasteiger partial charge in [-0.2, -0.15) is 0 Å². The normalized spacial score (nSPS) is 11.4. The third kappa shape index (κ3) is 9.18. The highest BCUT2D eigenvalue weighted by atomic mass is 80.0. The van der Waals surface area contributed by atoms with Crippen molar-refractivity contribution in [1.82, 2.24) is 0 Å². The highest BCUT2D eigenvalue weighted by Gasteiger charge is 2.15. The van der Waals surface area contributed by atoms with E-state index in [2.05, 4.69) is 54.4 Å².